The van der Waals surface area contributed by atoms with Gasteiger partial charge in [-0.15, -0.1) is 22.2 Å². The van der Waals surface area contributed by atoms with Crippen LogP contribution in [0.3, 0.4) is 0 Å². The van der Waals surface area contributed by atoms with Gasteiger partial charge in [-0.1, -0.05) is 78.9 Å². The quantitative estimate of drug-likeness (QED) is 0.0983. The van der Waals surface area contributed by atoms with E-state index in [0.29, 0.717) is 12.1 Å². The molecule has 0 radical (unpaired) electrons. The fourth-order valence-electron chi connectivity index (χ4n) is 6.68. The molecule has 336 valence electrons. The summed E-state index contributed by atoms with van der Waals surface area (Å²) in [5, 5.41) is -0.0469. The van der Waals surface area contributed by atoms with Crippen molar-refractivity contribution in [1.29, 1.82) is 0 Å². The minimum Gasteiger partial charge on any atom is -0.307 e. The third kappa shape index (κ3) is 11.6. The second kappa shape index (κ2) is 17.3. The van der Waals surface area contributed by atoms with E-state index in [0.717, 1.165) is 12.1 Å². The number of hydrogen-bond donors (Lipinski definition) is 1. The molecule has 0 heterocycles. The Labute approximate surface area is 351 Å². The van der Waals surface area contributed by atoms with Crippen LogP contribution >= 0.6 is 22.2 Å². The predicted octanol–water partition coefficient (Wildman–Crippen LogP) is 10.4. The Morgan fingerprint density at radius 1 is 0.387 bits per heavy atom. The van der Waals surface area contributed by atoms with E-state index in [-0.39, 0.29) is 41.6 Å². The number of para-hydroxylation sites is 1. The van der Waals surface area contributed by atoms with Gasteiger partial charge >= 0.3 is 37.1 Å². The number of quaternary nitrogens is 1. The SMILES string of the molecule is C[NH+](C)c1ccccc1.C[Si](Cl)(Cl)c1ccc([B-](c2cc(C(F)(F)F)cc(C(F)(F)F)c2)(c2cc(C(F)(F)F)cc(C(F)(F)F)c2)c2cc(C(F)(F)F)cc(C(F)(F)F)c2)cc1. The third-order valence-corrected chi connectivity index (χ3v) is 12.3. The highest BCUT2D eigenvalue weighted by molar-refractivity contribution is 7.50. The summed E-state index contributed by atoms with van der Waals surface area (Å²) in [5.41, 5.74) is -17.8. The van der Waals surface area contributed by atoms with Crippen molar-refractivity contribution in [3.8, 4) is 0 Å². The molecule has 0 atom stereocenters. The summed E-state index contributed by atoms with van der Waals surface area (Å²) in [6.07, 6.45) is -39.4. The number of benzene rings is 5. The maximum Gasteiger partial charge on any atom is 0.416 e. The lowest BCUT2D eigenvalue weighted by atomic mass is 9.12. The van der Waals surface area contributed by atoms with E-state index in [4.69, 9.17) is 22.2 Å². The molecular weight excluding hydrogens is 934 g/mol. The monoisotopic (exact) mass is 961 g/mol. The molecule has 0 bridgehead atoms. The summed E-state index contributed by atoms with van der Waals surface area (Å²) >= 11 is 12.3. The topological polar surface area (TPSA) is 4.44 Å². The van der Waals surface area contributed by atoms with Gasteiger partial charge in [0, 0.05) is 0 Å². The van der Waals surface area contributed by atoms with Gasteiger partial charge in [0.2, 0.25) is 0 Å². The molecule has 0 saturated carbocycles. The third-order valence-electron chi connectivity index (χ3n) is 9.60. The van der Waals surface area contributed by atoms with Crippen molar-refractivity contribution in [2.45, 2.75) is 43.6 Å². The van der Waals surface area contributed by atoms with E-state index in [9.17, 15) is 79.0 Å². The zero-order valence-electron chi connectivity index (χ0n) is 31.5. The molecule has 1 nitrogen and oxygen atoms in total. The van der Waals surface area contributed by atoms with Gasteiger partial charge in [-0.05, 0) is 42.1 Å². The first-order chi connectivity index (χ1) is 28.0. The highest BCUT2D eigenvalue weighted by atomic mass is 35.7. The van der Waals surface area contributed by atoms with Crippen LogP contribution in [0.2, 0.25) is 6.55 Å². The largest absolute Gasteiger partial charge is 0.416 e. The Balaban J connectivity index is 0.000000831. The summed E-state index contributed by atoms with van der Waals surface area (Å²) in [5.74, 6) is 0. The van der Waals surface area contributed by atoms with Crippen LogP contribution in [-0.2, 0) is 37.1 Å². The van der Waals surface area contributed by atoms with Crippen LogP contribution in [0.25, 0.3) is 0 Å². The zero-order valence-corrected chi connectivity index (χ0v) is 34.0. The molecule has 0 aromatic heterocycles. The van der Waals surface area contributed by atoms with Crippen LogP contribution in [-0.4, -0.2) is 26.9 Å². The van der Waals surface area contributed by atoms with Gasteiger partial charge in [0.25, 0.3) is 6.69 Å². The summed E-state index contributed by atoms with van der Waals surface area (Å²) in [4.78, 5) is 1.37. The van der Waals surface area contributed by atoms with Crippen LogP contribution < -0.4 is 31.9 Å². The first-order valence-corrected chi connectivity index (χ1v) is 21.9. The fourth-order valence-corrected chi connectivity index (χ4v) is 8.19. The van der Waals surface area contributed by atoms with Crippen LogP contribution in [0.1, 0.15) is 33.4 Å². The maximum absolute atomic E-state index is 14.2. The van der Waals surface area contributed by atoms with E-state index >= 15 is 0 Å². The molecule has 0 fully saturated rings. The number of rotatable bonds is 6. The molecule has 0 saturated heterocycles. The highest BCUT2D eigenvalue weighted by Crippen LogP contribution is 2.39. The molecule has 0 aliphatic carbocycles. The molecule has 1 N–H and O–H groups in total. The van der Waals surface area contributed by atoms with Crippen LogP contribution in [0.5, 0.6) is 0 Å². The van der Waals surface area contributed by atoms with Crippen molar-refractivity contribution >= 4 is 67.7 Å². The molecule has 5 aromatic rings. The number of halogens is 20. The number of nitrogens with one attached hydrogen (secondary N) is 1. The van der Waals surface area contributed by atoms with Crippen LogP contribution in [0, 0.1) is 0 Å². The van der Waals surface area contributed by atoms with E-state index in [2.05, 4.69) is 38.4 Å². The van der Waals surface area contributed by atoms with Gasteiger partial charge in [-0.3, -0.25) is 0 Å². The lowest BCUT2D eigenvalue weighted by molar-refractivity contribution is -0.786. The Morgan fingerprint density at radius 3 is 0.839 bits per heavy atom. The smallest absolute Gasteiger partial charge is 0.307 e. The summed E-state index contributed by atoms with van der Waals surface area (Å²) in [6.45, 7) is -2.25. The first-order valence-electron chi connectivity index (χ1n) is 17.4. The second-order valence-electron chi connectivity index (χ2n) is 14.3. The van der Waals surface area contributed by atoms with E-state index < -0.39 is 123 Å². The molecule has 23 heteroatoms. The molecule has 62 heavy (non-hydrogen) atoms. The van der Waals surface area contributed by atoms with Gasteiger partial charge in [0.15, 0.2) is 0 Å². The van der Waals surface area contributed by atoms with Crippen molar-refractivity contribution in [2.75, 3.05) is 14.1 Å². The molecule has 0 aliphatic rings. The van der Waals surface area contributed by atoms with Crippen molar-refractivity contribution in [3.05, 3.63) is 143 Å². The molecule has 0 spiro atoms. The van der Waals surface area contributed by atoms with Gasteiger partial charge in [0.05, 0.1) is 47.5 Å². The zero-order chi connectivity index (χ0) is 47.2. The summed E-state index contributed by atoms with van der Waals surface area (Å²) in [6, 6.07) is 10.8. The Morgan fingerprint density at radius 2 is 0.645 bits per heavy atom. The van der Waals surface area contributed by atoms with Gasteiger partial charge in [-0.25, -0.2) is 0 Å². The van der Waals surface area contributed by atoms with Crippen molar-refractivity contribution < 1.29 is 83.9 Å². The number of hydrogen-bond acceptors (Lipinski definition) is 0. The van der Waals surface area contributed by atoms with Crippen LogP contribution in [0.15, 0.2) is 109 Å². The first kappa shape index (κ1) is 50.3. The maximum atomic E-state index is 14.2. The fraction of sp³-hybridized carbons (Fsp3) is 0.231. The highest BCUT2D eigenvalue weighted by Gasteiger charge is 2.45. The van der Waals surface area contributed by atoms with E-state index in [1.54, 1.807) is 0 Å². The minimum atomic E-state index is -5.78. The van der Waals surface area contributed by atoms with Crippen molar-refractivity contribution in [3.63, 3.8) is 0 Å². The normalized spacial score (nSPS) is 13.5. The van der Waals surface area contributed by atoms with Crippen molar-refractivity contribution in [2.24, 2.45) is 0 Å². The molecule has 5 aromatic carbocycles. The Hall–Kier alpha value is -4.34. The predicted molar refractivity (Wildman–Crippen MR) is 202 cm³/mol. The molecular formula is C39H28BCl2F18NSi. The Kier molecular flexibility index (Phi) is 14.1. The van der Waals surface area contributed by atoms with Gasteiger partial charge in [0.1, 0.15) is 11.8 Å². The van der Waals surface area contributed by atoms with E-state index in [1.165, 1.54) is 17.1 Å². The standard InChI is InChI=1S/C31H16BCl2F18Si.C8H11N/c1-53(33,34)25-4-2-21(3-5-25)32(22-9-15(26(35,36)37)6-16(10-22)27(38,39)40,23-11-17(28(41,42)43)7-18(12-23)29(44,45)46)24-13-19(30(47,48)49)8-20(14-24)31(50,51)52;1-9(2)8-6-4-3-5-7-8/h2-14H,1H3;3-7H,1-2H3/q-1;/p+1. The summed E-state index contributed by atoms with van der Waals surface area (Å²) in [7, 11) is 4.24. The molecule has 5 rings (SSSR count). The summed E-state index contributed by atoms with van der Waals surface area (Å²) < 4.78 is 256. The average Bonchev–Trinajstić information content (AvgIpc) is 3.13. The van der Waals surface area contributed by atoms with Crippen molar-refractivity contribution in [1.82, 2.24) is 0 Å². The average molecular weight is 962 g/mol. The van der Waals surface area contributed by atoms with E-state index in [1.807, 2.05) is 6.07 Å². The van der Waals surface area contributed by atoms with Crippen LogP contribution in [0.4, 0.5) is 84.7 Å². The molecule has 0 unspecified atom stereocenters. The lowest BCUT2D eigenvalue weighted by Crippen LogP contribution is -3.00. The lowest BCUT2D eigenvalue weighted by Gasteiger charge is -2.46. The van der Waals surface area contributed by atoms with Gasteiger partial charge in [-0.2, -0.15) is 101 Å². The second-order valence-corrected chi connectivity index (χ2v) is 21.7. The Bertz CT molecular complexity index is 2060. The molecule has 0 aliphatic heterocycles. The number of alkyl halides is 18. The molecule has 0 amide bonds. The minimum absolute atomic E-state index is 0.0469. The van der Waals surface area contributed by atoms with Gasteiger partial charge < -0.3 is 4.90 Å².